The van der Waals surface area contributed by atoms with Crippen molar-refractivity contribution in [3.05, 3.63) is 78.5 Å². The molecule has 3 aromatic rings. The highest BCUT2D eigenvalue weighted by Gasteiger charge is 2.30. The van der Waals surface area contributed by atoms with Gasteiger partial charge in [0.1, 0.15) is 11.9 Å². The number of rotatable bonds is 6. The highest BCUT2D eigenvalue weighted by molar-refractivity contribution is 6.38. The molecule has 2 aromatic carbocycles. The molecule has 1 atom stereocenters. The zero-order chi connectivity index (χ0) is 20.2. The van der Waals surface area contributed by atoms with Crippen molar-refractivity contribution < 1.29 is 9.53 Å². The lowest BCUT2D eigenvalue weighted by atomic mass is 10.1. The summed E-state index contributed by atoms with van der Waals surface area (Å²) in [6, 6.07) is 21.7. The highest BCUT2D eigenvalue weighted by Crippen LogP contribution is 2.27. The van der Waals surface area contributed by atoms with Crippen LogP contribution in [0.5, 0.6) is 5.75 Å². The number of benzene rings is 2. The molecule has 0 fully saturated rings. The second kappa shape index (κ2) is 8.02. The van der Waals surface area contributed by atoms with Crippen molar-refractivity contribution in [3.8, 4) is 16.9 Å². The molecular formula is C22H21N5O2. The number of hydrazone groups is 1. The number of ether oxygens (including phenoxy) is 1. The van der Waals surface area contributed by atoms with Crippen molar-refractivity contribution in [1.29, 1.82) is 0 Å². The lowest BCUT2D eigenvalue weighted by Crippen LogP contribution is -2.43. The summed E-state index contributed by atoms with van der Waals surface area (Å²) in [6.45, 7) is 0. The monoisotopic (exact) mass is 387 g/mol. The molecule has 0 radical (unpaired) electrons. The number of hydrogen-bond donors (Lipinski definition) is 2. The van der Waals surface area contributed by atoms with E-state index in [1.807, 2.05) is 66.7 Å². The predicted octanol–water partition coefficient (Wildman–Crippen LogP) is 2.53. The standard InChI is InChI=1S/C22H21N5O2/c1-29-18-9-7-16(8-10-18)17-11-12-24-19(14-17)27-20(25-22(26-27)21(23)28)13-15-5-3-2-4-6-15/h2-12,14,20H,13H2,1H3,(H2,23,28)(H,25,26). The van der Waals surface area contributed by atoms with Crippen LogP contribution in [0, 0.1) is 0 Å². The predicted molar refractivity (Wildman–Crippen MR) is 112 cm³/mol. The third-order valence-corrected chi connectivity index (χ3v) is 4.72. The summed E-state index contributed by atoms with van der Waals surface area (Å²) in [7, 11) is 1.64. The maximum atomic E-state index is 11.7. The van der Waals surface area contributed by atoms with E-state index in [0.29, 0.717) is 12.2 Å². The number of methoxy groups -OCH3 is 1. The van der Waals surface area contributed by atoms with Crippen molar-refractivity contribution in [2.75, 3.05) is 12.1 Å². The molecule has 0 aliphatic carbocycles. The summed E-state index contributed by atoms with van der Waals surface area (Å²) in [4.78, 5) is 16.2. The van der Waals surface area contributed by atoms with Crippen molar-refractivity contribution in [2.45, 2.75) is 12.6 Å². The van der Waals surface area contributed by atoms with Crippen LogP contribution in [0.1, 0.15) is 5.56 Å². The fourth-order valence-electron chi connectivity index (χ4n) is 3.24. The van der Waals surface area contributed by atoms with Gasteiger partial charge in [-0.05, 0) is 41.0 Å². The number of pyridine rings is 1. The quantitative estimate of drug-likeness (QED) is 0.678. The molecule has 7 heteroatoms. The Morgan fingerprint density at radius 3 is 2.55 bits per heavy atom. The highest BCUT2D eigenvalue weighted by atomic mass is 16.5. The fourth-order valence-corrected chi connectivity index (χ4v) is 3.24. The number of nitrogens with zero attached hydrogens (tertiary/aromatic N) is 3. The molecule has 29 heavy (non-hydrogen) atoms. The maximum absolute atomic E-state index is 11.7. The molecule has 4 rings (SSSR count). The Morgan fingerprint density at radius 1 is 1.10 bits per heavy atom. The van der Waals surface area contributed by atoms with Crippen LogP contribution in [0.15, 0.2) is 78.0 Å². The molecule has 2 heterocycles. The lowest BCUT2D eigenvalue weighted by molar-refractivity contribution is -0.112. The first-order valence-corrected chi connectivity index (χ1v) is 9.22. The molecule has 0 saturated carbocycles. The fraction of sp³-hybridized carbons (Fsp3) is 0.136. The van der Waals surface area contributed by atoms with Gasteiger partial charge in [-0.25, -0.2) is 9.99 Å². The number of amidine groups is 1. The van der Waals surface area contributed by atoms with E-state index in [1.165, 1.54) is 0 Å². The first-order chi connectivity index (χ1) is 14.1. The first kappa shape index (κ1) is 18.5. The lowest BCUT2D eigenvalue weighted by Gasteiger charge is -2.23. The molecular weight excluding hydrogens is 366 g/mol. The molecule has 1 aromatic heterocycles. The number of nitrogens with one attached hydrogen (secondary N) is 1. The number of nitrogens with two attached hydrogens (primary N) is 1. The number of aromatic nitrogens is 1. The number of primary amides is 1. The Bertz CT molecular complexity index is 1030. The van der Waals surface area contributed by atoms with E-state index in [-0.39, 0.29) is 12.0 Å². The number of amides is 1. The minimum absolute atomic E-state index is 0.127. The van der Waals surface area contributed by atoms with E-state index in [0.717, 1.165) is 22.4 Å². The van der Waals surface area contributed by atoms with Crippen LogP contribution in [0.4, 0.5) is 5.82 Å². The van der Waals surface area contributed by atoms with Crippen LogP contribution in [-0.2, 0) is 11.2 Å². The number of carbonyl (C=O) groups is 1. The second-order valence-corrected chi connectivity index (χ2v) is 6.64. The Hall–Kier alpha value is -3.87. The van der Waals surface area contributed by atoms with Gasteiger partial charge in [-0.3, -0.25) is 4.79 Å². The van der Waals surface area contributed by atoms with Crippen LogP contribution >= 0.6 is 0 Å². The zero-order valence-corrected chi connectivity index (χ0v) is 15.9. The largest absolute Gasteiger partial charge is 0.497 e. The minimum atomic E-state index is -0.600. The molecule has 0 saturated heterocycles. The zero-order valence-electron chi connectivity index (χ0n) is 15.9. The van der Waals surface area contributed by atoms with Crippen LogP contribution < -0.4 is 20.8 Å². The molecule has 1 aliphatic heterocycles. The topological polar surface area (TPSA) is 92.8 Å². The Kier molecular flexibility index (Phi) is 5.11. The molecule has 3 N–H and O–H groups in total. The Balaban J connectivity index is 1.65. The van der Waals surface area contributed by atoms with Gasteiger partial charge in [0, 0.05) is 12.6 Å². The number of anilines is 1. The van der Waals surface area contributed by atoms with Gasteiger partial charge in [0.15, 0.2) is 5.82 Å². The molecule has 1 unspecified atom stereocenters. The van der Waals surface area contributed by atoms with Crippen LogP contribution in [-0.4, -0.2) is 30.0 Å². The molecule has 1 amide bonds. The van der Waals surface area contributed by atoms with Crippen molar-refractivity contribution in [1.82, 2.24) is 10.3 Å². The molecule has 146 valence electrons. The van der Waals surface area contributed by atoms with Crippen molar-refractivity contribution in [3.63, 3.8) is 0 Å². The van der Waals surface area contributed by atoms with E-state index < -0.39 is 5.91 Å². The summed E-state index contributed by atoms with van der Waals surface area (Å²) >= 11 is 0. The van der Waals surface area contributed by atoms with Crippen LogP contribution in [0.25, 0.3) is 11.1 Å². The van der Waals surface area contributed by atoms with E-state index in [1.54, 1.807) is 18.3 Å². The Morgan fingerprint density at radius 2 is 1.86 bits per heavy atom. The van der Waals surface area contributed by atoms with Crippen LogP contribution in [0.3, 0.4) is 0 Å². The normalized spacial score (nSPS) is 15.6. The van der Waals surface area contributed by atoms with E-state index in [9.17, 15) is 4.79 Å². The second-order valence-electron chi connectivity index (χ2n) is 6.64. The first-order valence-electron chi connectivity index (χ1n) is 9.22. The Labute approximate surface area is 168 Å². The number of hydrogen-bond acceptors (Lipinski definition) is 6. The van der Waals surface area contributed by atoms with Gasteiger partial charge in [-0.15, -0.1) is 5.10 Å². The third-order valence-electron chi connectivity index (χ3n) is 4.72. The van der Waals surface area contributed by atoms with Gasteiger partial charge >= 0.3 is 0 Å². The third kappa shape index (κ3) is 4.03. The van der Waals surface area contributed by atoms with Gasteiger partial charge in [-0.2, -0.15) is 0 Å². The summed E-state index contributed by atoms with van der Waals surface area (Å²) in [5.74, 6) is 0.952. The molecule has 7 nitrogen and oxygen atoms in total. The van der Waals surface area contributed by atoms with E-state index in [4.69, 9.17) is 10.5 Å². The number of carbonyl (C=O) groups excluding carboxylic acids is 1. The van der Waals surface area contributed by atoms with Gasteiger partial charge in [0.05, 0.1) is 7.11 Å². The summed E-state index contributed by atoms with van der Waals surface area (Å²) in [5, 5.41) is 9.19. The SMILES string of the molecule is COc1ccc(-c2ccnc(N3N=C(C(N)=O)NC3Cc3ccccc3)c2)cc1. The smallest absolute Gasteiger partial charge is 0.286 e. The average Bonchev–Trinajstić information content (AvgIpc) is 3.19. The summed E-state index contributed by atoms with van der Waals surface area (Å²) in [6.07, 6.45) is 2.10. The molecule has 0 bridgehead atoms. The molecule has 0 spiro atoms. The van der Waals surface area contributed by atoms with Crippen molar-refractivity contribution in [2.24, 2.45) is 10.8 Å². The van der Waals surface area contributed by atoms with Gasteiger partial charge in [0.2, 0.25) is 5.84 Å². The minimum Gasteiger partial charge on any atom is -0.497 e. The summed E-state index contributed by atoms with van der Waals surface area (Å²) in [5.41, 5.74) is 8.58. The molecule has 1 aliphatic rings. The van der Waals surface area contributed by atoms with Gasteiger partial charge < -0.3 is 15.8 Å². The van der Waals surface area contributed by atoms with Gasteiger partial charge in [0.25, 0.3) is 5.91 Å². The van der Waals surface area contributed by atoms with Gasteiger partial charge in [-0.1, -0.05) is 42.5 Å². The maximum Gasteiger partial charge on any atom is 0.286 e. The van der Waals surface area contributed by atoms with Crippen LogP contribution in [0.2, 0.25) is 0 Å². The van der Waals surface area contributed by atoms with E-state index >= 15 is 0 Å². The van der Waals surface area contributed by atoms with E-state index in [2.05, 4.69) is 15.4 Å². The summed E-state index contributed by atoms with van der Waals surface area (Å²) < 4.78 is 5.22. The average molecular weight is 387 g/mol. The van der Waals surface area contributed by atoms with Crippen molar-refractivity contribution >= 4 is 17.6 Å².